The molecule has 5 rings (SSSR count). The maximum atomic E-state index is 14.0. The van der Waals surface area contributed by atoms with Gasteiger partial charge in [0.25, 0.3) is 5.91 Å². The minimum Gasteiger partial charge on any atom is -0.495 e. The smallest absolute Gasteiger partial charge is 0.295 e. The number of amides is 1. The van der Waals surface area contributed by atoms with Gasteiger partial charge in [0.15, 0.2) is 5.43 Å². The van der Waals surface area contributed by atoms with Crippen LogP contribution in [0.25, 0.3) is 11.0 Å². The van der Waals surface area contributed by atoms with E-state index >= 15 is 0 Å². The van der Waals surface area contributed by atoms with Gasteiger partial charge in [-0.3, -0.25) is 14.5 Å². The van der Waals surface area contributed by atoms with Gasteiger partial charge in [0.05, 0.1) is 35.7 Å². The first-order valence-corrected chi connectivity index (χ1v) is 12.0. The Balaban J connectivity index is 1.72. The summed E-state index contributed by atoms with van der Waals surface area (Å²) in [6.45, 7) is 2.62. The van der Waals surface area contributed by atoms with Crippen molar-refractivity contribution in [3.8, 4) is 11.5 Å². The predicted octanol–water partition coefficient (Wildman–Crippen LogP) is 6.52. The molecule has 0 fully saturated rings. The van der Waals surface area contributed by atoms with Gasteiger partial charge in [-0.05, 0) is 60.5 Å². The summed E-state index contributed by atoms with van der Waals surface area (Å²) >= 11 is 6.38. The summed E-state index contributed by atoms with van der Waals surface area (Å²) in [6.07, 6.45) is 1.88. The quantitative estimate of drug-likeness (QED) is 0.266. The number of carbonyl (C=O) groups is 1. The Morgan fingerprint density at radius 1 is 1.08 bits per heavy atom. The van der Waals surface area contributed by atoms with Crippen LogP contribution in [-0.4, -0.2) is 19.6 Å². The van der Waals surface area contributed by atoms with Gasteiger partial charge in [-0.2, -0.15) is 0 Å². The molecule has 36 heavy (non-hydrogen) atoms. The van der Waals surface area contributed by atoms with Crippen molar-refractivity contribution in [2.45, 2.75) is 25.8 Å². The number of unbranched alkanes of at least 4 members (excludes halogenated alkanes) is 1. The molecule has 0 bridgehead atoms. The fraction of sp³-hybridized carbons (Fsp3) is 0.214. The molecular weight excluding hydrogens is 485 g/mol. The minimum atomic E-state index is -0.837. The highest BCUT2D eigenvalue weighted by Gasteiger charge is 2.44. The van der Waals surface area contributed by atoms with E-state index in [9.17, 15) is 14.0 Å². The lowest BCUT2D eigenvalue weighted by Gasteiger charge is -2.26. The molecule has 1 amide bonds. The fourth-order valence-electron chi connectivity index (χ4n) is 4.44. The van der Waals surface area contributed by atoms with E-state index in [-0.39, 0.29) is 22.3 Å². The molecule has 1 aliphatic heterocycles. The first-order valence-electron chi connectivity index (χ1n) is 11.6. The molecule has 0 radical (unpaired) electrons. The number of carbonyl (C=O) groups excluding carboxylic acids is 1. The van der Waals surface area contributed by atoms with E-state index in [2.05, 4.69) is 6.92 Å². The number of hydrogen-bond donors (Lipinski definition) is 0. The second-order valence-corrected chi connectivity index (χ2v) is 8.89. The molecule has 4 aromatic rings. The Labute approximate surface area is 211 Å². The van der Waals surface area contributed by atoms with Gasteiger partial charge in [0.1, 0.15) is 22.9 Å². The lowest BCUT2D eigenvalue weighted by Crippen LogP contribution is -2.29. The average Bonchev–Trinajstić information content (AvgIpc) is 3.17. The topological polar surface area (TPSA) is 69.0 Å². The molecule has 0 spiro atoms. The summed E-state index contributed by atoms with van der Waals surface area (Å²) in [5.41, 5.74) is 0.901. The van der Waals surface area contributed by atoms with E-state index in [0.717, 1.165) is 18.9 Å². The van der Waals surface area contributed by atoms with Crippen molar-refractivity contribution >= 4 is 34.2 Å². The highest BCUT2D eigenvalue weighted by molar-refractivity contribution is 6.32. The van der Waals surface area contributed by atoms with Crippen LogP contribution in [-0.2, 0) is 0 Å². The third kappa shape index (κ3) is 4.09. The highest BCUT2D eigenvalue weighted by atomic mass is 35.5. The molecule has 8 heteroatoms. The molecule has 0 saturated heterocycles. The lowest BCUT2D eigenvalue weighted by atomic mass is 9.98. The van der Waals surface area contributed by atoms with Crippen LogP contribution in [0.5, 0.6) is 11.5 Å². The number of methoxy groups -OCH3 is 1. The molecule has 0 aliphatic carbocycles. The Morgan fingerprint density at radius 2 is 1.92 bits per heavy atom. The summed E-state index contributed by atoms with van der Waals surface area (Å²) in [4.78, 5) is 28.8. The van der Waals surface area contributed by atoms with E-state index in [1.165, 1.54) is 24.1 Å². The van der Waals surface area contributed by atoms with Crippen LogP contribution in [0.2, 0.25) is 5.02 Å². The third-order valence-electron chi connectivity index (χ3n) is 6.19. The van der Waals surface area contributed by atoms with Gasteiger partial charge in [-0.1, -0.05) is 37.1 Å². The van der Waals surface area contributed by atoms with Gasteiger partial charge in [0.2, 0.25) is 5.76 Å². The number of benzene rings is 3. The van der Waals surface area contributed by atoms with Crippen molar-refractivity contribution in [2.75, 3.05) is 18.6 Å². The molecule has 0 saturated carbocycles. The van der Waals surface area contributed by atoms with Crippen LogP contribution in [0, 0.1) is 5.82 Å². The van der Waals surface area contributed by atoms with E-state index in [0.29, 0.717) is 34.4 Å². The normalized spacial score (nSPS) is 14.8. The number of ether oxygens (including phenoxy) is 2. The van der Waals surface area contributed by atoms with Crippen LogP contribution in [0.4, 0.5) is 10.1 Å². The van der Waals surface area contributed by atoms with Crippen molar-refractivity contribution in [3.05, 3.63) is 98.6 Å². The third-order valence-corrected chi connectivity index (χ3v) is 6.48. The number of nitrogens with zero attached hydrogens (tertiary/aromatic N) is 1. The molecule has 3 aromatic carbocycles. The number of fused-ring (bicyclic) bond motifs is 2. The average molecular weight is 508 g/mol. The van der Waals surface area contributed by atoms with Gasteiger partial charge in [-0.15, -0.1) is 0 Å². The molecule has 184 valence electrons. The highest BCUT2D eigenvalue weighted by Crippen LogP contribution is 2.43. The second kappa shape index (κ2) is 9.66. The summed E-state index contributed by atoms with van der Waals surface area (Å²) in [6, 6.07) is 15.0. The Bertz CT molecular complexity index is 1530. The van der Waals surface area contributed by atoms with Crippen molar-refractivity contribution in [1.82, 2.24) is 0 Å². The minimum absolute atomic E-state index is 0.0662. The van der Waals surface area contributed by atoms with Crippen LogP contribution in [0.15, 0.2) is 69.9 Å². The lowest BCUT2D eigenvalue weighted by molar-refractivity contribution is 0.0971. The van der Waals surface area contributed by atoms with E-state index in [4.69, 9.17) is 25.5 Å². The summed E-state index contributed by atoms with van der Waals surface area (Å²) in [7, 11) is 1.50. The number of anilines is 1. The molecular formula is C28H23ClFNO5. The van der Waals surface area contributed by atoms with E-state index in [1.807, 2.05) is 12.1 Å². The summed E-state index contributed by atoms with van der Waals surface area (Å²) in [5.74, 6) is -0.0976. The van der Waals surface area contributed by atoms with Gasteiger partial charge in [0, 0.05) is 5.69 Å². The molecule has 6 nitrogen and oxygen atoms in total. The largest absolute Gasteiger partial charge is 0.495 e. The molecule has 2 heterocycles. The Morgan fingerprint density at radius 3 is 2.67 bits per heavy atom. The van der Waals surface area contributed by atoms with E-state index in [1.54, 1.807) is 30.3 Å². The zero-order valence-corrected chi connectivity index (χ0v) is 20.5. The summed E-state index contributed by atoms with van der Waals surface area (Å²) < 4.78 is 31.0. The molecule has 1 aromatic heterocycles. The molecule has 1 aliphatic rings. The zero-order chi connectivity index (χ0) is 25.4. The number of rotatable bonds is 7. The van der Waals surface area contributed by atoms with Gasteiger partial charge < -0.3 is 13.9 Å². The maximum absolute atomic E-state index is 14.0. The number of hydrogen-bond acceptors (Lipinski definition) is 5. The first kappa shape index (κ1) is 23.9. The first-order chi connectivity index (χ1) is 17.4. The van der Waals surface area contributed by atoms with Crippen molar-refractivity contribution in [3.63, 3.8) is 0 Å². The fourth-order valence-corrected chi connectivity index (χ4v) is 4.69. The van der Waals surface area contributed by atoms with Crippen LogP contribution in [0.1, 0.15) is 47.5 Å². The zero-order valence-electron chi connectivity index (χ0n) is 19.7. The van der Waals surface area contributed by atoms with Crippen molar-refractivity contribution < 1.29 is 23.1 Å². The van der Waals surface area contributed by atoms with Gasteiger partial charge in [-0.25, -0.2) is 4.39 Å². The monoisotopic (exact) mass is 507 g/mol. The summed E-state index contributed by atoms with van der Waals surface area (Å²) in [5, 5.41) is 0.372. The predicted molar refractivity (Wildman–Crippen MR) is 136 cm³/mol. The number of halogens is 2. The standard InChI is InChI=1S/C28H23ClFNO5/c1-3-4-12-35-19-7-5-6-16(13-19)25-24-26(32)20-14-17(30)8-10-22(20)36-27(24)28(33)31(25)18-9-11-23(34-2)21(29)15-18/h5-11,13-15,25H,3-4,12H2,1-2H3. The van der Waals surface area contributed by atoms with E-state index < -0.39 is 23.2 Å². The molecule has 1 atom stereocenters. The maximum Gasteiger partial charge on any atom is 0.295 e. The van der Waals surface area contributed by atoms with Crippen LogP contribution < -0.4 is 19.8 Å². The molecule has 1 unspecified atom stereocenters. The van der Waals surface area contributed by atoms with Crippen molar-refractivity contribution in [1.29, 1.82) is 0 Å². The van der Waals surface area contributed by atoms with Crippen LogP contribution in [0.3, 0.4) is 0 Å². The van der Waals surface area contributed by atoms with Crippen LogP contribution >= 0.6 is 11.6 Å². The van der Waals surface area contributed by atoms with Crippen molar-refractivity contribution in [2.24, 2.45) is 0 Å². The molecule has 0 N–H and O–H groups in total. The second-order valence-electron chi connectivity index (χ2n) is 8.49. The Hall–Kier alpha value is -3.84. The SMILES string of the molecule is CCCCOc1cccc(C2c3c(oc4ccc(F)cc4c3=O)C(=O)N2c2ccc(OC)c(Cl)c2)c1. The van der Waals surface area contributed by atoms with Gasteiger partial charge >= 0.3 is 0 Å². The Kier molecular flexibility index (Phi) is 6.41.